The maximum absolute atomic E-state index is 13.7. The lowest BCUT2D eigenvalue weighted by molar-refractivity contribution is -0.144. The number of dihydropyridines is 1. The minimum Gasteiger partial charge on any atom is -0.497 e. The summed E-state index contributed by atoms with van der Waals surface area (Å²) < 4.78 is 11.4. The molecule has 35 heavy (non-hydrogen) atoms. The summed E-state index contributed by atoms with van der Waals surface area (Å²) in [7, 11) is 1.62. The van der Waals surface area contributed by atoms with Gasteiger partial charge in [-0.3, -0.25) is 4.79 Å². The first-order chi connectivity index (χ1) is 16.9. The van der Waals surface area contributed by atoms with Crippen LogP contribution in [0.3, 0.4) is 0 Å². The fraction of sp³-hybridized carbons (Fsp3) is 0.379. The van der Waals surface area contributed by atoms with Gasteiger partial charge in [-0.1, -0.05) is 35.9 Å². The smallest absolute Gasteiger partial charge is 0.337 e. The van der Waals surface area contributed by atoms with Crippen molar-refractivity contribution < 1.29 is 19.1 Å². The minimum atomic E-state index is -0.492. The molecule has 3 aliphatic rings. The van der Waals surface area contributed by atoms with Gasteiger partial charge in [-0.05, 0) is 80.3 Å². The van der Waals surface area contributed by atoms with Gasteiger partial charge in [-0.2, -0.15) is 0 Å². The Morgan fingerprint density at radius 2 is 1.77 bits per heavy atom. The number of carbonyl (C=O) groups excluding carboxylic acids is 2. The molecule has 2 aromatic rings. The number of carbonyl (C=O) groups is 2. The predicted octanol–water partition coefficient (Wildman–Crippen LogP) is 6.20. The van der Waals surface area contributed by atoms with E-state index in [-0.39, 0.29) is 23.8 Å². The van der Waals surface area contributed by atoms with Gasteiger partial charge in [0, 0.05) is 34.3 Å². The Bertz CT molecular complexity index is 1210. The van der Waals surface area contributed by atoms with Crippen LogP contribution >= 0.6 is 11.6 Å². The Kier molecular flexibility index (Phi) is 6.70. The van der Waals surface area contributed by atoms with E-state index < -0.39 is 5.92 Å². The first-order valence-corrected chi connectivity index (χ1v) is 12.7. The number of halogens is 1. The van der Waals surface area contributed by atoms with Gasteiger partial charge in [0.05, 0.1) is 12.7 Å². The van der Waals surface area contributed by atoms with E-state index in [0.29, 0.717) is 34.8 Å². The lowest BCUT2D eigenvalue weighted by atomic mass is 9.71. The molecular formula is C29H30ClNO4. The summed E-state index contributed by atoms with van der Waals surface area (Å²) in [6.45, 7) is 1.90. The zero-order valence-corrected chi connectivity index (χ0v) is 20.9. The number of benzene rings is 2. The lowest BCUT2D eigenvalue weighted by Gasteiger charge is -2.37. The van der Waals surface area contributed by atoms with Crippen LogP contribution in [0.2, 0.25) is 5.02 Å². The van der Waals surface area contributed by atoms with Crippen LogP contribution in [-0.4, -0.2) is 25.0 Å². The van der Waals surface area contributed by atoms with Crippen molar-refractivity contribution in [2.45, 2.75) is 63.4 Å². The normalized spacial score (nSPS) is 22.7. The standard InChI is InChI=1S/C29H30ClNO4/c1-17-26(29(33)35-22-7-3-4-8-22)27(19-6-5-9-23(14-19)34-2)28-24(31-17)15-20(16-25(28)32)18-10-12-21(30)13-11-18/h5-6,9-14,20,22,27,31H,3-4,7-8,15-16H2,1-2H3. The van der Waals surface area contributed by atoms with E-state index in [9.17, 15) is 9.59 Å². The number of rotatable bonds is 5. The summed E-state index contributed by atoms with van der Waals surface area (Å²) in [5, 5.41) is 4.10. The van der Waals surface area contributed by atoms with E-state index in [1.165, 1.54) is 0 Å². The van der Waals surface area contributed by atoms with Gasteiger partial charge >= 0.3 is 5.97 Å². The van der Waals surface area contributed by atoms with Gasteiger partial charge in [-0.15, -0.1) is 0 Å². The van der Waals surface area contributed by atoms with Crippen LogP contribution in [0.15, 0.2) is 71.1 Å². The van der Waals surface area contributed by atoms with Crippen LogP contribution in [0.1, 0.15) is 68.4 Å². The first-order valence-electron chi connectivity index (χ1n) is 12.3. The molecule has 0 saturated heterocycles. The summed E-state index contributed by atoms with van der Waals surface area (Å²) in [6, 6.07) is 15.3. The van der Waals surface area contributed by atoms with Crippen molar-refractivity contribution in [3.8, 4) is 5.75 Å². The molecule has 2 aliphatic carbocycles. The monoisotopic (exact) mass is 491 g/mol. The van der Waals surface area contributed by atoms with Crippen LogP contribution in [-0.2, 0) is 14.3 Å². The highest BCUT2D eigenvalue weighted by Gasteiger charge is 2.42. The highest BCUT2D eigenvalue weighted by atomic mass is 35.5. The number of hydrogen-bond acceptors (Lipinski definition) is 5. The average Bonchev–Trinajstić information content (AvgIpc) is 3.36. The Morgan fingerprint density at radius 1 is 1.03 bits per heavy atom. The zero-order valence-electron chi connectivity index (χ0n) is 20.1. The second-order valence-corrected chi connectivity index (χ2v) is 10.1. The lowest BCUT2D eigenvalue weighted by Crippen LogP contribution is -2.36. The van der Waals surface area contributed by atoms with Crippen molar-refractivity contribution in [1.82, 2.24) is 5.32 Å². The van der Waals surface area contributed by atoms with E-state index in [4.69, 9.17) is 21.1 Å². The molecular weight excluding hydrogens is 462 g/mol. The minimum absolute atomic E-state index is 0.0465. The number of Topliss-reactive ketones (excluding diaryl/α,β-unsaturated/α-hetero) is 1. The summed E-state index contributed by atoms with van der Waals surface area (Å²) in [4.78, 5) is 27.2. The van der Waals surface area contributed by atoms with Gasteiger partial charge < -0.3 is 14.8 Å². The van der Waals surface area contributed by atoms with E-state index in [1.807, 2.05) is 55.5 Å². The fourth-order valence-electron chi connectivity index (χ4n) is 5.66. The second kappa shape index (κ2) is 9.90. The van der Waals surface area contributed by atoms with Crippen molar-refractivity contribution in [1.29, 1.82) is 0 Å². The molecule has 5 nitrogen and oxygen atoms in total. The summed E-state index contributed by atoms with van der Waals surface area (Å²) >= 11 is 6.08. The van der Waals surface area contributed by atoms with E-state index in [0.717, 1.165) is 48.2 Å². The van der Waals surface area contributed by atoms with Crippen molar-refractivity contribution >= 4 is 23.4 Å². The molecule has 2 aromatic carbocycles. The molecule has 1 aliphatic heterocycles. The Labute approximate surface area is 211 Å². The molecule has 1 N–H and O–H groups in total. The number of ketones is 1. The number of methoxy groups -OCH3 is 1. The van der Waals surface area contributed by atoms with Crippen LogP contribution in [0, 0.1) is 0 Å². The second-order valence-electron chi connectivity index (χ2n) is 9.66. The van der Waals surface area contributed by atoms with Crippen LogP contribution < -0.4 is 10.1 Å². The van der Waals surface area contributed by atoms with Crippen molar-refractivity contribution in [3.05, 3.63) is 87.2 Å². The molecule has 1 saturated carbocycles. The Morgan fingerprint density at radius 3 is 2.49 bits per heavy atom. The third-order valence-corrected chi connectivity index (χ3v) is 7.64. The average molecular weight is 492 g/mol. The highest BCUT2D eigenvalue weighted by molar-refractivity contribution is 6.30. The van der Waals surface area contributed by atoms with Gasteiger partial charge in [0.25, 0.3) is 0 Å². The molecule has 0 spiro atoms. The summed E-state index contributed by atoms with van der Waals surface area (Å²) in [6.07, 6.45) is 4.95. The third kappa shape index (κ3) is 4.74. The highest BCUT2D eigenvalue weighted by Crippen LogP contribution is 2.46. The van der Waals surface area contributed by atoms with Gasteiger partial charge in [0.1, 0.15) is 11.9 Å². The Balaban J connectivity index is 1.55. The molecule has 0 amide bonds. The molecule has 5 rings (SSSR count). The number of hydrogen-bond donors (Lipinski definition) is 1. The largest absolute Gasteiger partial charge is 0.497 e. The molecule has 6 heteroatoms. The van der Waals surface area contributed by atoms with Crippen LogP contribution in [0.5, 0.6) is 5.75 Å². The maximum Gasteiger partial charge on any atom is 0.337 e. The molecule has 0 radical (unpaired) electrons. The third-order valence-electron chi connectivity index (χ3n) is 7.39. The maximum atomic E-state index is 13.7. The van der Waals surface area contributed by atoms with Crippen molar-refractivity contribution in [2.24, 2.45) is 0 Å². The van der Waals surface area contributed by atoms with Gasteiger partial charge in [0.2, 0.25) is 0 Å². The van der Waals surface area contributed by atoms with Crippen LogP contribution in [0.4, 0.5) is 0 Å². The number of esters is 1. The molecule has 2 atom stereocenters. The first kappa shape index (κ1) is 23.7. The molecule has 1 heterocycles. The van der Waals surface area contributed by atoms with Gasteiger partial charge in [-0.25, -0.2) is 4.79 Å². The molecule has 2 unspecified atom stereocenters. The molecule has 0 aromatic heterocycles. The SMILES string of the molecule is COc1cccc(C2C(C(=O)OC3CCCC3)=C(C)NC3=C2C(=O)CC(c2ccc(Cl)cc2)C3)c1. The molecule has 182 valence electrons. The van der Waals surface area contributed by atoms with Gasteiger partial charge in [0.15, 0.2) is 5.78 Å². The predicted molar refractivity (Wildman–Crippen MR) is 135 cm³/mol. The van der Waals surface area contributed by atoms with E-state index >= 15 is 0 Å². The quantitative estimate of drug-likeness (QED) is 0.505. The topological polar surface area (TPSA) is 64.6 Å². The zero-order chi connectivity index (χ0) is 24.5. The molecule has 1 fully saturated rings. The number of nitrogens with one attached hydrogen (secondary N) is 1. The molecule has 0 bridgehead atoms. The number of allylic oxidation sites excluding steroid dienone is 3. The Hall–Kier alpha value is -3.05. The van der Waals surface area contributed by atoms with E-state index in [1.54, 1.807) is 7.11 Å². The van der Waals surface area contributed by atoms with Crippen molar-refractivity contribution in [2.75, 3.05) is 7.11 Å². The summed E-state index contributed by atoms with van der Waals surface area (Å²) in [5.41, 5.74) is 4.74. The van der Waals surface area contributed by atoms with Crippen LogP contribution in [0.25, 0.3) is 0 Å². The summed E-state index contributed by atoms with van der Waals surface area (Å²) in [5.74, 6) is -0.0450. The van der Waals surface area contributed by atoms with Crippen molar-refractivity contribution in [3.63, 3.8) is 0 Å². The fourth-order valence-corrected chi connectivity index (χ4v) is 5.78. The number of ether oxygens (including phenoxy) is 2. The van der Waals surface area contributed by atoms with E-state index in [2.05, 4.69) is 5.32 Å².